The molecule has 3 aromatic rings. The van der Waals surface area contributed by atoms with E-state index in [1.54, 1.807) is 30.3 Å². The largest absolute Gasteiger partial charge is 0.491 e. The van der Waals surface area contributed by atoms with Gasteiger partial charge in [-0.05, 0) is 65.7 Å². The van der Waals surface area contributed by atoms with Gasteiger partial charge in [0.1, 0.15) is 18.7 Å². The summed E-state index contributed by atoms with van der Waals surface area (Å²) in [6, 6.07) is 14.4. The lowest BCUT2D eigenvalue weighted by Gasteiger charge is -2.12. The van der Waals surface area contributed by atoms with Gasteiger partial charge in [-0.1, -0.05) is 6.07 Å². The third-order valence-corrected chi connectivity index (χ3v) is 4.29. The van der Waals surface area contributed by atoms with Gasteiger partial charge in [0, 0.05) is 17.9 Å². The molecule has 1 aliphatic heterocycles. The predicted molar refractivity (Wildman–Crippen MR) is 98.0 cm³/mol. The maximum atomic E-state index is 12.5. The lowest BCUT2D eigenvalue weighted by atomic mass is 10.2. The first-order chi connectivity index (χ1) is 13.3. The van der Waals surface area contributed by atoms with E-state index in [9.17, 15) is 4.79 Å². The number of benzene rings is 2. The number of amides is 1. The van der Waals surface area contributed by atoms with Crippen molar-refractivity contribution in [3.8, 4) is 11.4 Å². The monoisotopic (exact) mass is 365 g/mol. The summed E-state index contributed by atoms with van der Waals surface area (Å²) in [6.07, 6.45) is 3.78. The number of rotatable bonds is 6. The van der Waals surface area contributed by atoms with Gasteiger partial charge < -0.3 is 14.8 Å². The fourth-order valence-corrected chi connectivity index (χ4v) is 2.88. The van der Waals surface area contributed by atoms with E-state index in [0.29, 0.717) is 17.9 Å². The topological polar surface area (TPSA) is 91.2 Å². The molecule has 1 saturated heterocycles. The van der Waals surface area contributed by atoms with Crippen LogP contribution in [0.4, 0.5) is 5.69 Å². The highest BCUT2D eigenvalue weighted by molar-refractivity contribution is 6.04. The zero-order valence-corrected chi connectivity index (χ0v) is 14.6. The minimum Gasteiger partial charge on any atom is -0.491 e. The molecule has 2 heterocycles. The molecule has 0 aliphatic carbocycles. The van der Waals surface area contributed by atoms with Crippen molar-refractivity contribution in [2.24, 2.45) is 0 Å². The van der Waals surface area contributed by atoms with E-state index in [2.05, 4.69) is 20.8 Å². The average Bonchev–Trinajstić information content (AvgIpc) is 3.41. The van der Waals surface area contributed by atoms with Gasteiger partial charge >= 0.3 is 0 Å². The third-order valence-electron chi connectivity index (χ3n) is 4.29. The maximum absolute atomic E-state index is 12.5. The summed E-state index contributed by atoms with van der Waals surface area (Å²) >= 11 is 0. The van der Waals surface area contributed by atoms with Crippen LogP contribution in [0.25, 0.3) is 5.69 Å². The molecule has 2 aromatic carbocycles. The molecule has 1 amide bonds. The first-order valence-electron chi connectivity index (χ1n) is 8.77. The van der Waals surface area contributed by atoms with Crippen molar-refractivity contribution >= 4 is 11.6 Å². The number of nitrogens with zero attached hydrogens (tertiary/aromatic N) is 4. The first-order valence-corrected chi connectivity index (χ1v) is 8.77. The lowest BCUT2D eigenvalue weighted by Crippen LogP contribution is -2.16. The van der Waals surface area contributed by atoms with Crippen LogP contribution < -0.4 is 10.1 Å². The van der Waals surface area contributed by atoms with Gasteiger partial charge in [0.25, 0.3) is 5.91 Å². The highest BCUT2D eigenvalue weighted by Crippen LogP contribution is 2.18. The number of aromatic nitrogens is 4. The molecule has 138 valence electrons. The number of carbonyl (C=O) groups is 1. The van der Waals surface area contributed by atoms with Crippen LogP contribution in [-0.4, -0.2) is 45.4 Å². The summed E-state index contributed by atoms with van der Waals surface area (Å²) < 4.78 is 12.8. The Balaban J connectivity index is 1.37. The fraction of sp³-hybridized carbons (Fsp3) is 0.263. The van der Waals surface area contributed by atoms with Crippen molar-refractivity contribution < 1.29 is 14.3 Å². The number of tetrazole rings is 1. The Kier molecular flexibility index (Phi) is 5.06. The number of hydrogen-bond donors (Lipinski definition) is 1. The second-order valence-electron chi connectivity index (χ2n) is 6.23. The molecule has 0 bridgehead atoms. The zero-order chi connectivity index (χ0) is 18.5. The second kappa shape index (κ2) is 7.96. The Morgan fingerprint density at radius 3 is 2.89 bits per heavy atom. The van der Waals surface area contributed by atoms with E-state index < -0.39 is 0 Å². The Morgan fingerprint density at radius 2 is 2.15 bits per heavy atom. The number of ether oxygens (including phenoxy) is 2. The molecule has 1 N–H and O–H groups in total. The molecule has 8 nitrogen and oxygen atoms in total. The molecule has 1 atom stereocenters. The molecule has 0 radical (unpaired) electrons. The quantitative estimate of drug-likeness (QED) is 0.722. The summed E-state index contributed by atoms with van der Waals surface area (Å²) in [6.45, 7) is 1.34. The van der Waals surface area contributed by atoms with Crippen molar-refractivity contribution in [1.29, 1.82) is 0 Å². The van der Waals surface area contributed by atoms with Crippen molar-refractivity contribution in [2.75, 3.05) is 18.5 Å². The Labute approximate surface area is 156 Å². The highest BCUT2D eigenvalue weighted by atomic mass is 16.5. The Bertz CT molecular complexity index is 890. The number of anilines is 1. The zero-order valence-electron chi connectivity index (χ0n) is 14.6. The van der Waals surface area contributed by atoms with Crippen LogP contribution in [0.1, 0.15) is 23.2 Å². The molecule has 27 heavy (non-hydrogen) atoms. The van der Waals surface area contributed by atoms with Crippen molar-refractivity contribution in [3.63, 3.8) is 0 Å². The second-order valence-corrected chi connectivity index (χ2v) is 6.23. The first kappa shape index (κ1) is 17.2. The van der Waals surface area contributed by atoms with E-state index in [1.807, 2.05) is 18.2 Å². The van der Waals surface area contributed by atoms with Crippen LogP contribution in [0, 0.1) is 0 Å². The predicted octanol–water partition coefficient (Wildman–Crippen LogP) is 2.47. The molecule has 1 aromatic heterocycles. The van der Waals surface area contributed by atoms with Gasteiger partial charge in [-0.15, -0.1) is 5.10 Å². The molecule has 0 unspecified atom stereocenters. The van der Waals surface area contributed by atoms with E-state index in [-0.39, 0.29) is 12.0 Å². The van der Waals surface area contributed by atoms with Crippen LogP contribution in [-0.2, 0) is 4.74 Å². The van der Waals surface area contributed by atoms with Crippen LogP contribution in [0.2, 0.25) is 0 Å². The molecular weight excluding hydrogens is 346 g/mol. The minimum atomic E-state index is -0.199. The number of hydrogen-bond acceptors (Lipinski definition) is 6. The van der Waals surface area contributed by atoms with E-state index in [0.717, 1.165) is 30.9 Å². The summed E-state index contributed by atoms with van der Waals surface area (Å²) in [7, 11) is 0. The Morgan fingerprint density at radius 1 is 1.26 bits per heavy atom. The van der Waals surface area contributed by atoms with Gasteiger partial charge in [-0.2, -0.15) is 0 Å². The minimum absolute atomic E-state index is 0.167. The van der Waals surface area contributed by atoms with Crippen molar-refractivity contribution in [2.45, 2.75) is 18.9 Å². The van der Waals surface area contributed by atoms with Crippen LogP contribution >= 0.6 is 0 Å². The molecule has 0 spiro atoms. The van der Waals surface area contributed by atoms with Gasteiger partial charge in [0.05, 0.1) is 11.8 Å². The molecule has 8 heteroatoms. The molecule has 1 fully saturated rings. The summed E-state index contributed by atoms with van der Waals surface area (Å²) in [5.41, 5.74) is 1.97. The van der Waals surface area contributed by atoms with Crippen molar-refractivity contribution in [1.82, 2.24) is 20.2 Å². The van der Waals surface area contributed by atoms with Gasteiger partial charge in [-0.3, -0.25) is 4.79 Å². The maximum Gasteiger partial charge on any atom is 0.255 e. The van der Waals surface area contributed by atoms with E-state index >= 15 is 0 Å². The summed E-state index contributed by atoms with van der Waals surface area (Å²) in [5, 5.41) is 13.9. The number of nitrogens with one attached hydrogen (secondary N) is 1. The van der Waals surface area contributed by atoms with Crippen LogP contribution in [0.3, 0.4) is 0 Å². The molecule has 1 aliphatic rings. The SMILES string of the molecule is O=C(Nc1cccc(-n2cnnn2)c1)c1ccc(OC[C@H]2CCCO2)cc1. The molecule has 4 rings (SSSR count). The third kappa shape index (κ3) is 4.29. The van der Waals surface area contributed by atoms with Crippen LogP contribution in [0.5, 0.6) is 5.75 Å². The van der Waals surface area contributed by atoms with E-state index in [4.69, 9.17) is 9.47 Å². The number of carbonyl (C=O) groups excluding carboxylic acids is 1. The highest BCUT2D eigenvalue weighted by Gasteiger charge is 2.16. The average molecular weight is 365 g/mol. The smallest absolute Gasteiger partial charge is 0.255 e. The van der Waals surface area contributed by atoms with Crippen LogP contribution in [0.15, 0.2) is 54.9 Å². The van der Waals surface area contributed by atoms with Gasteiger partial charge in [-0.25, -0.2) is 4.68 Å². The van der Waals surface area contributed by atoms with Gasteiger partial charge in [0.15, 0.2) is 0 Å². The molecular formula is C19H19N5O3. The normalized spacial score (nSPS) is 16.2. The van der Waals surface area contributed by atoms with Gasteiger partial charge in [0.2, 0.25) is 0 Å². The Hall–Kier alpha value is -3.26. The summed E-state index contributed by atoms with van der Waals surface area (Å²) in [4.78, 5) is 12.5. The standard InChI is InChI=1S/C19H19N5O3/c25-19(21-15-3-1-4-16(11-15)24-13-20-22-23-24)14-6-8-17(9-7-14)27-12-18-5-2-10-26-18/h1,3-4,6-9,11,13,18H,2,5,10,12H2,(H,21,25)/t18-/m1/s1. The summed E-state index contributed by atoms with van der Waals surface area (Å²) in [5.74, 6) is 0.525. The van der Waals surface area contributed by atoms with E-state index in [1.165, 1.54) is 11.0 Å². The molecule has 0 saturated carbocycles. The fourth-order valence-electron chi connectivity index (χ4n) is 2.88. The lowest BCUT2D eigenvalue weighted by molar-refractivity contribution is 0.0679. The van der Waals surface area contributed by atoms with Crippen molar-refractivity contribution in [3.05, 3.63) is 60.4 Å².